The summed E-state index contributed by atoms with van der Waals surface area (Å²) in [4.78, 5) is 21.2. The van der Waals surface area contributed by atoms with Crippen molar-refractivity contribution in [3.63, 3.8) is 0 Å². The molecule has 2 aliphatic rings. The number of hydrogen-bond donors (Lipinski definition) is 1. The second-order valence-corrected chi connectivity index (χ2v) is 8.39. The van der Waals surface area contributed by atoms with E-state index in [4.69, 9.17) is 4.74 Å². The van der Waals surface area contributed by atoms with E-state index in [1.165, 1.54) is 22.2 Å². The van der Waals surface area contributed by atoms with E-state index in [0.717, 1.165) is 44.8 Å². The molecule has 0 saturated carbocycles. The largest absolute Gasteiger partial charge is 0.492 e. The molecule has 3 aromatic rings. The Balaban J connectivity index is 1.41. The molecule has 1 atom stereocenters. The standard InChI is InChI=1S/C25H29N3O2/c1-2-23(29)28-14-12-21-20-10-6-7-11-22(20)26-24(21)25(28)13-15-27(18-25)16-17-30-19-8-4-3-5-9-19/h3-11,26H,2,12-18H2,1H3. The van der Waals surface area contributed by atoms with Crippen LogP contribution in [-0.4, -0.2) is 53.5 Å². The van der Waals surface area contributed by atoms with Crippen molar-refractivity contribution in [1.29, 1.82) is 0 Å². The number of benzene rings is 2. The van der Waals surface area contributed by atoms with Gasteiger partial charge in [-0.2, -0.15) is 0 Å². The maximum atomic E-state index is 12.9. The van der Waals surface area contributed by atoms with E-state index in [0.29, 0.717) is 13.0 Å². The number of nitrogens with one attached hydrogen (secondary N) is 1. The first-order valence-electron chi connectivity index (χ1n) is 11.0. The molecule has 5 heteroatoms. The number of fused-ring (bicyclic) bond motifs is 4. The average molecular weight is 404 g/mol. The van der Waals surface area contributed by atoms with Crippen LogP contribution in [0.1, 0.15) is 31.0 Å². The van der Waals surface area contributed by atoms with Gasteiger partial charge >= 0.3 is 0 Å². The summed E-state index contributed by atoms with van der Waals surface area (Å²) in [5.74, 6) is 1.16. The molecule has 1 unspecified atom stereocenters. The molecule has 1 saturated heterocycles. The molecule has 1 aromatic heterocycles. The molecule has 1 spiro atoms. The van der Waals surface area contributed by atoms with E-state index < -0.39 is 0 Å². The average Bonchev–Trinajstić information content (AvgIpc) is 3.37. The molecule has 5 rings (SSSR count). The highest BCUT2D eigenvalue weighted by molar-refractivity contribution is 5.86. The lowest BCUT2D eigenvalue weighted by molar-refractivity contribution is -0.138. The first-order chi connectivity index (χ1) is 14.7. The summed E-state index contributed by atoms with van der Waals surface area (Å²) >= 11 is 0. The molecular formula is C25H29N3O2. The minimum atomic E-state index is -0.257. The second-order valence-electron chi connectivity index (χ2n) is 8.39. The summed E-state index contributed by atoms with van der Waals surface area (Å²) in [5.41, 5.74) is 3.57. The normalized spacial score (nSPS) is 21.3. The number of rotatable bonds is 5. The second kappa shape index (κ2) is 7.80. The predicted molar refractivity (Wildman–Crippen MR) is 119 cm³/mol. The van der Waals surface area contributed by atoms with Crippen LogP contribution in [0, 0.1) is 0 Å². The van der Waals surface area contributed by atoms with Gasteiger partial charge in [-0.25, -0.2) is 0 Å². The van der Waals surface area contributed by atoms with Crippen molar-refractivity contribution in [2.75, 3.05) is 32.8 Å². The number of nitrogens with zero attached hydrogens (tertiary/aromatic N) is 2. The van der Waals surface area contributed by atoms with E-state index in [9.17, 15) is 4.79 Å². The first-order valence-corrected chi connectivity index (χ1v) is 11.0. The van der Waals surface area contributed by atoms with Gasteiger partial charge in [0.05, 0.1) is 5.54 Å². The third kappa shape index (κ3) is 3.18. The zero-order valence-electron chi connectivity index (χ0n) is 17.6. The van der Waals surface area contributed by atoms with Crippen LogP contribution in [0.5, 0.6) is 5.75 Å². The summed E-state index contributed by atoms with van der Waals surface area (Å²) in [7, 11) is 0. The molecule has 2 aliphatic heterocycles. The van der Waals surface area contributed by atoms with Crippen LogP contribution < -0.4 is 4.74 Å². The SMILES string of the molecule is CCC(=O)N1CCc2c([nH]c3ccccc23)C12CCN(CCOc1ccccc1)C2. The molecule has 1 fully saturated rings. The van der Waals surface area contributed by atoms with Crippen molar-refractivity contribution in [2.45, 2.75) is 31.7 Å². The summed E-state index contributed by atoms with van der Waals surface area (Å²) in [5, 5.41) is 1.31. The molecule has 30 heavy (non-hydrogen) atoms. The number of amides is 1. The van der Waals surface area contributed by atoms with Gasteiger partial charge in [0.25, 0.3) is 0 Å². The van der Waals surface area contributed by atoms with Gasteiger partial charge in [-0.3, -0.25) is 9.69 Å². The Labute approximate surface area is 177 Å². The maximum Gasteiger partial charge on any atom is 0.223 e. The van der Waals surface area contributed by atoms with Crippen LogP contribution in [0.15, 0.2) is 54.6 Å². The quantitative estimate of drug-likeness (QED) is 0.702. The van der Waals surface area contributed by atoms with Gasteiger partial charge in [0, 0.05) is 49.2 Å². The zero-order chi connectivity index (χ0) is 20.6. The number of aromatic amines is 1. The third-order valence-electron chi connectivity index (χ3n) is 6.73. The van der Waals surface area contributed by atoms with Crippen LogP contribution in [0.25, 0.3) is 10.9 Å². The number of ether oxygens (including phenoxy) is 1. The Morgan fingerprint density at radius 3 is 2.73 bits per heavy atom. The molecule has 2 aromatic carbocycles. The van der Waals surface area contributed by atoms with E-state index in [-0.39, 0.29) is 11.4 Å². The van der Waals surface area contributed by atoms with Crippen molar-refractivity contribution >= 4 is 16.8 Å². The lowest BCUT2D eigenvalue weighted by Gasteiger charge is -2.45. The highest BCUT2D eigenvalue weighted by Crippen LogP contribution is 2.44. The van der Waals surface area contributed by atoms with Gasteiger partial charge in [-0.15, -0.1) is 0 Å². The fourth-order valence-electron chi connectivity index (χ4n) is 5.28. The predicted octanol–water partition coefficient (Wildman–Crippen LogP) is 3.94. The Morgan fingerprint density at radius 1 is 1.10 bits per heavy atom. The number of aromatic nitrogens is 1. The van der Waals surface area contributed by atoms with Gasteiger partial charge in [0.2, 0.25) is 5.91 Å². The van der Waals surface area contributed by atoms with Crippen LogP contribution in [0.3, 0.4) is 0 Å². The van der Waals surface area contributed by atoms with Gasteiger partial charge < -0.3 is 14.6 Å². The molecule has 0 radical (unpaired) electrons. The van der Waals surface area contributed by atoms with Crippen molar-refractivity contribution in [1.82, 2.24) is 14.8 Å². The topological polar surface area (TPSA) is 48.6 Å². The molecule has 1 amide bonds. The van der Waals surface area contributed by atoms with E-state index in [1.807, 2.05) is 37.3 Å². The molecule has 0 aliphatic carbocycles. The molecule has 5 nitrogen and oxygen atoms in total. The van der Waals surface area contributed by atoms with Crippen molar-refractivity contribution < 1.29 is 9.53 Å². The minimum Gasteiger partial charge on any atom is -0.492 e. The van der Waals surface area contributed by atoms with E-state index in [1.54, 1.807) is 0 Å². The Kier molecular flexibility index (Phi) is 4.99. The molecule has 0 bridgehead atoms. The van der Waals surface area contributed by atoms with Crippen LogP contribution in [0.4, 0.5) is 0 Å². The van der Waals surface area contributed by atoms with E-state index >= 15 is 0 Å². The van der Waals surface area contributed by atoms with E-state index in [2.05, 4.69) is 39.0 Å². The fourth-order valence-corrected chi connectivity index (χ4v) is 5.28. The number of para-hydroxylation sites is 2. The van der Waals surface area contributed by atoms with Crippen molar-refractivity contribution in [3.8, 4) is 5.75 Å². The first kappa shape index (κ1) is 19.2. The lowest BCUT2D eigenvalue weighted by atomic mass is 9.83. The zero-order valence-corrected chi connectivity index (χ0v) is 17.6. The number of hydrogen-bond acceptors (Lipinski definition) is 3. The lowest BCUT2D eigenvalue weighted by Crippen LogP contribution is -2.55. The molecule has 1 N–H and O–H groups in total. The summed E-state index contributed by atoms with van der Waals surface area (Å²) in [6.07, 6.45) is 2.43. The van der Waals surface area contributed by atoms with Gasteiger partial charge in [-0.1, -0.05) is 43.3 Å². The smallest absolute Gasteiger partial charge is 0.223 e. The van der Waals surface area contributed by atoms with Crippen LogP contribution in [-0.2, 0) is 16.8 Å². The van der Waals surface area contributed by atoms with Gasteiger partial charge in [0.15, 0.2) is 0 Å². The minimum absolute atomic E-state index is 0.252. The van der Waals surface area contributed by atoms with Crippen molar-refractivity contribution in [2.24, 2.45) is 0 Å². The van der Waals surface area contributed by atoms with Gasteiger partial charge in [-0.05, 0) is 36.6 Å². The fraction of sp³-hybridized carbons (Fsp3) is 0.400. The molecule has 156 valence electrons. The Bertz CT molecular complexity index is 1040. The molecular weight excluding hydrogens is 374 g/mol. The number of carbonyl (C=O) groups excluding carboxylic acids is 1. The Morgan fingerprint density at radius 2 is 1.90 bits per heavy atom. The third-order valence-corrected chi connectivity index (χ3v) is 6.73. The maximum absolute atomic E-state index is 12.9. The Hall–Kier alpha value is -2.79. The molecule has 3 heterocycles. The summed E-state index contributed by atoms with van der Waals surface area (Å²) in [6.45, 7) is 6.12. The summed E-state index contributed by atoms with van der Waals surface area (Å²) < 4.78 is 5.93. The van der Waals surface area contributed by atoms with Crippen LogP contribution >= 0.6 is 0 Å². The number of likely N-dealkylation sites (tertiary alicyclic amines) is 1. The highest BCUT2D eigenvalue weighted by Gasteiger charge is 2.50. The summed E-state index contributed by atoms with van der Waals surface area (Å²) in [6, 6.07) is 18.5. The monoisotopic (exact) mass is 403 g/mol. The number of carbonyl (C=O) groups is 1. The van der Waals surface area contributed by atoms with Gasteiger partial charge in [0.1, 0.15) is 12.4 Å². The van der Waals surface area contributed by atoms with Crippen molar-refractivity contribution in [3.05, 3.63) is 65.9 Å². The van der Waals surface area contributed by atoms with Crippen LogP contribution in [0.2, 0.25) is 0 Å². The highest BCUT2D eigenvalue weighted by atomic mass is 16.5. The number of H-pyrrole nitrogens is 1.